The van der Waals surface area contributed by atoms with Gasteiger partial charge in [0.1, 0.15) is 29.0 Å². The Morgan fingerprint density at radius 3 is 2.42 bits per heavy atom. The monoisotopic (exact) mass is 616 g/mol. The minimum Gasteiger partial charge on any atom is -0.361 e. The Labute approximate surface area is 248 Å². The summed E-state index contributed by atoms with van der Waals surface area (Å²) < 4.78 is 43.7. The van der Waals surface area contributed by atoms with Gasteiger partial charge in [0.15, 0.2) is 5.43 Å². The maximum atomic E-state index is 14.3. The number of aromatic amines is 1. The third kappa shape index (κ3) is 5.11. The summed E-state index contributed by atoms with van der Waals surface area (Å²) in [6.07, 6.45) is 2.79. The molecule has 6 aromatic rings. The van der Waals surface area contributed by atoms with Crippen LogP contribution in [-0.2, 0) is 10.0 Å². The zero-order chi connectivity index (χ0) is 30.3. The van der Waals surface area contributed by atoms with Crippen molar-refractivity contribution in [1.29, 1.82) is 0 Å². The van der Waals surface area contributed by atoms with Crippen LogP contribution in [0.2, 0.25) is 5.02 Å². The Hall–Kier alpha value is -5.07. The van der Waals surface area contributed by atoms with E-state index in [0.717, 1.165) is 24.3 Å². The largest absolute Gasteiger partial charge is 0.361 e. The Kier molecular flexibility index (Phi) is 7.16. The minimum absolute atomic E-state index is 0.00102. The van der Waals surface area contributed by atoms with Gasteiger partial charge < -0.3 is 10.3 Å². The number of hydrogen-bond acceptors (Lipinski definition) is 7. The zero-order valence-electron chi connectivity index (χ0n) is 22.4. The smallest absolute Gasteiger partial charge is 0.265 e. The molecule has 0 saturated carbocycles. The van der Waals surface area contributed by atoms with E-state index >= 15 is 0 Å². The van der Waals surface area contributed by atoms with Gasteiger partial charge in [-0.3, -0.25) is 18.9 Å². The number of aromatic nitrogens is 4. The molecule has 3 aromatic carbocycles. The van der Waals surface area contributed by atoms with Crippen LogP contribution in [0.4, 0.5) is 15.9 Å². The van der Waals surface area contributed by atoms with E-state index in [4.69, 9.17) is 11.6 Å². The molecule has 216 valence electrons. The Morgan fingerprint density at radius 2 is 1.67 bits per heavy atom. The van der Waals surface area contributed by atoms with E-state index in [1.54, 1.807) is 49.4 Å². The van der Waals surface area contributed by atoms with Crippen LogP contribution in [0.1, 0.15) is 18.7 Å². The van der Waals surface area contributed by atoms with Crippen molar-refractivity contribution < 1.29 is 12.8 Å². The second kappa shape index (κ2) is 11.0. The van der Waals surface area contributed by atoms with Crippen LogP contribution in [-0.4, -0.2) is 27.9 Å². The normalized spacial score (nSPS) is 12.3. The number of hydrogen-bond donors (Lipinski definition) is 3. The van der Waals surface area contributed by atoms with Crippen LogP contribution in [0.15, 0.2) is 106 Å². The third-order valence-corrected chi connectivity index (χ3v) is 8.66. The van der Waals surface area contributed by atoms with E-state index < -0.39 is 27.4 Å². The SMILES string of the molecule is CC(Nc1ncnc2[nH]ccc(=O)c12)c1c(Cl)c2cccc(NS(=O)(=O)c3ccc(F)cc3)c2c(=O)n1-c1ccccc1. The first kappa shape index (κ1) is 28.1. The highest BCUT2D eigenvalue weighted by Gasteiger charge is 2.25. The Morgan fingerprint density at radius 1 is 0.930 bits per heavy atom. The van der Waals surface area contributed by atoms with Crippen LogP contribution >= 0.6 is 11.6 Å². The molecule has 3 aromatic heterocycles. The van der Waals surface area contributed by atoms with Crippen LogP contribution < -0.4 is 21.0 Å². The second-order valence-electron chi connectivity index (χ2n) is 9.62. The molecular formula is C30H22ClFN6O4S. The molecule has 0 saturated heterocycles. The number of anilines is 2. The number of H-pyrrole nitrogens is 1. The third-order valence-electron chi connectivity index (χ3n) is 6.88. The van der Waals surface area contributed by atoms with E-state index in [9.17, 15) is 22.4 Å². The lowest BCUT2D eigenvalue weighted by Crippen LogP contribution is -2.27. The number of rotatable bonds is 7. The Bertz CT molecular complexity index is 2240. The average Bonchev–Trinajstić information content (AvgIpc) is 2.99. The molecule has 0 amide bonds. The van der Waals surface area contributed by atoms with Gasteiger partial charge in [-0.15, -0.1) is 0 Å². The lowest BCUT2D eigenvalue weighted by Gasteiger charge is -2.24. The van der Waals surface area contributed by atoms with Crippen molar-refractivity contribution in [2.45, 2.75) is 17.9 Å². The molecule has 3 N–H and O–H groups in total. The van der Waals surface area contributed by atoms with Gasteiger partial charge in [-0.25, -0.2) is 22.8 Å². The molecule has 0 bridgehead atoms. The molecule has 0 spiro atoms. The molecule has 0 aliphatic heterocycles. The number of para-hydroxylation sites is 1. The molecule has 0 radical (unpaired) electrons. The molecule has 6 rings (SSSR count). The molecule has 0 fully saturated rings. The fourth-order valence-electron chi connectivity index (χ4n) is 4.93. The topological polar surface area (TPSA) is 139 Å². The molecular weight excluding hydrogens is 595 g/mol. The van der Waals surface area contributed by atoms with Gasteiger partial charge >= 0.3 is 0 Å². The standard InChI is InChI=1S/C30H22ClFN6O4S/c1-17(36-29-25-23(39)14-15-33-28(25)34-16-35-29)27-26(31)21-8-5-9-22(37-43(41,42)20-12-10-18(32)11-13-20)24(21)30(40)38(27)19-6-3-2-4-7-19/h2-17,37H,1H3,(H2,33,34,35,36,39). The quantitative estimate of drug-likeness (QED) is 0.219. The molecule has 3 heterocycles. The molecule has 43 heavy (non-hydrogen) atoms. The number of nitrogens with one attached hydrogen (secondary N) is 3. The van der Waals surface area contributed by atoms with Crippen molar-refractivity contribution in [1.82, 2.24) is 19.5 Å². The molecule has 0 aliphatic carbocycles. The maximum Gasteiger partial charge on any atom is 0.265 e. The first-order valence-corrected chi connectivity index (χ1v) is 14.8. The highest BCUT2D eigenvalue weighted by molar-refractivity contribution is 7.92. The number of fused-ring (bicyclic) bond motifs is 2. The van der Waals surface area contributed by atoms with Crippen molar-refractivity contribution in [2.24, 2.45) is 0 Å². The maximum absolute atomic E-state index is 14.3. The summed E-state index contributed by atoms with van der Waals surface area (Å²) in [7, 11) is -4.19. The summed E-state index contributed by atoms with van der Waals surface area (Å²) in [6.45, 7) is 1.76. The van der Waals surface area contributed by atoms with Gasteiger partial charge in [-0.05, 0) is 49.4 Å². The minimum atomic E-state index is -4.19. The van der Waals surface area contributed by atoms with E-state index in [2.05, 4.69) is 25.0 Å². The predicted octanol–water partition coefficient (Wildman–Crippen LogP) is 5.39. The number of sulfonamides is 1. The van der Waals surface area contributed by atoms with E-state index in [0.29, 0.717) is 22.4 Å². The molecule has 1 atom stereocenters. The first-order valence-electron chi connectivity index (χ1n) is 13.0. The summed E-state index contributed by atoms with van der Waals surface area (Å²) in [5.74, 6) is -0.347. The lowest BCUT2D eigenvalue weighted by molar-refractivity contribution is 0.599. The molecule has 0 aliphatic rings. The zero-order valence-corrected chi connectivity index (χ0v) is 23.9. The van der Waals surface area contributed by atoms with Gasteiger partial charge in [0.2, 0.25) is 0 Å². The number of halogens is 2. The van der Waals surface area contributed by atoms with Gasteiger partial charge in [0.05, 0.1) is 32.7 Å². The fourth-order valence-corrected chi connectivity index (χ4v) is 6.41. The van der Waals surface area contributed by atoms with Crippen molar-refractivity contribution in [3.05, 3.63) is 128 Å². The number of pyridine rings is 2. The van der Waals surface area contributed by atoms with Gasteiger partial charge in [0, 0.05) is 23.3 Å². The summed E-state index contributed by atoms with van der Waals surface area (Å²) in [5.41, 5.74) is 0.313. The lowest BCUT2D eigenvalue weighted by atomic mass is 10.1. The van der Waals surface area contributed by atoms with E-state index in [1.807, 2.05) is 0 Å². The van der Waals surface area contributed by atoms with Gasteiger partial charge in [-0.1, -0.05) is 41.9 Å². The summed E-state index contributed by atoms with van der Waals surface area (Å²) in [5, 5.41) is 3.94. The summed E-state index contributed by atoms with van der Waals surface area (Å²) >= 11 is 7.04. The summed E-state index contributed by atoms with van der Waals surface area (Å²) in [6, 6.07) is 18.4. The molecule has 13 heteroatoms. The van der Waals surface area contributed by atoms with E-state index in [1.165, 1.54) is 29.2 Å². The summed E-state index contributed by atoms with van der Waals surface area (Å²) in [4.78, 5) is 38.1. The van der Waals surface area contributed by atoms with Crippen molar-refractivity contribution in [3.63, 3.8) is 0 Å². The van der Waals surface area contributed by atoms with Crippen molar-refractivity contribution >= 4 is 54.9 Å². The van der Waals surface area contributed by atoms with Crippen LogP contribution in [0.25, 0.3) is 27.5 Å². The number of benzene rings is 3. The van der Waals surface area contributed by atoms with E-state index in [-0.39, 0.29) is 37.6 Å². The van der Waals surface area contributed by atoms with Gasteiger partial charge in [-0.2, -0.15) is 0 Å². The highest BCUT2D eigenvalue weighted by Crippen LogP contribution is 2.35. The van der Waals surface area contributed by atoms with Crippen LogP contribution in [0.3, 0.4) is 0 Å². The van der Waals surface area contributed by atoms with Gasteiger partial charge in [0.25, 0.3) is 15.6 Å². The fraction of sp³-hybridized carbons (Fsp3) is 0.0667. The van der Waals surface area contributed by atoms with Crippen LogP contribution in [0.5, 0.6) is 0 Å². The second-order valence-corrected chi connectivity index (χ2v) is 11.7. The van der Waals surface area contributed by atoms with Crippen molar-refractivity contribution in [2.75, 3.05) is 10.0 Å². The van der Waals surface area contributed by atoms with Crippen LogP contribution in [0, 0.1) is 5.82 Å². The average molecular weight is 617 g/mol. The predicted molar refractivity (Wildman–Crippen MR) is 164 cm³/mol. The Balaban J connectivity index is 1.55. The van der Waals surface area contributed by atoms with Crippen molar-refractivity contribution in [3.8, 4) is 5.69 Å². The molecule has 10 nitrogen and oxygen atoms in total. The molecule has 1 unspecified atom stereocenters. The number of nitrogens with zero attached hydrogens (tertiary/aromatic N) is 3. The first-order chi connectivity index (χ1) is 20.7. The highest BCUT2D eigenvalue weighted by atomic mass is 35.5.